The molecule has 0 nitrogen and oxygen atoms in total. The zero-order valence-electron chi connectivity index (χ0n) is 6.80. The third-order valence-corrected chi connectivity index (χ3v) is 3.10. The van der Waals surface area contributed by atoms with Crippen LogP contribution in [0.5, 0.6) is 0 Å². The number of hydrogen-bond acceptors (Lipinski definition) is 0. The highest BCUT2D eigenvalue weighted by atomic mass is 14.5. The molecule has 2 atom stereocenters. The van der Waals surface area contributed by atoms with Crippen molar-refractivity contribution in [1.82, 2.24) is 0 Å². The van der Waals surface area contributed by atoms with E-state index in [9.17, 15) is 0 Å². The van der Waals surface area contributed by atoms with Crippen molar-refractivity contribution in [1.29, 1.82) is 0 Å². The lowest BCUT2D eigenvalue weighted by Gasteiger charge is -2.02. The van der Waals surface area contributed by atoms with Crippen molar-refractivity contribution in [2.24, 2.45) is 5.92 Å². The number of benzene rings is 1. The Labute approximate surface area is 67.2 Å². The number of fused-ring (bicyclic) bond motifs is 3. The predicted molar refractivity (Wildman–Crippen MR) is 45.7 cm³/mol. The molecular formula is C11H12. The molecule has 0 saturated heterocycles. The van der Waals surface area contributed by atoms with Gasteiger partial charge in [0.05, 0.1) is 0 Å². The monoisotopic (exact) mass is 144 g/mol. The summed E-state index contributed by atoms with van der Waals surface area (Å²) < 4.78 is 0. The number of aryl methyl sites for hydroxylation is 1. The van der Waals surface area contributed by atoms with Crippen molar-refractivity contribution < 1.29 is 0 Å². The van der Waals surface area contributed by atoms with E-state index in [0.717, 1.165) is 11.8 Å². The quantitative estimate of drug-likeness (QED) is 0.525. The summed E-state index contributed by atoms with van der Waals surface area (Å²) in [6.45, 7) is 2.18. The first-order valence-electron chi connectivity index (χ1n) is 4.44. The molecule has 2 aliphatic rings. The van der Waals surface area contributed by atoms with Crippen LogP contribution in [0.4, 0.5) is 0 Å². The van der Waals surface area contributed by atoms with E-state index in [1.807, 2.05) is 0 Å². The van der Waals surface area contributed by atoms with Crippen LogP contribution < -0.4 is 0 Å². The molecule has 0 bridgehead atoms. The average Bonchev–Trinajstić information content (AvgIpc) is 2.63. The highest BCUT2D eigenvalue weighted by molar-refractivity contribution is 5.43. The molecule has 2 unspecified atom stereocenters. The Kier molecular flexibility index (Phi) is 0.892. The molecule has 1 aromatic rings. The normalized spacial score (nSPS) is 31.4. The van der Waals surface area contributed by atoms with Gasteiger partial charge in [-0.2, -0.15) is 0 Å². The van der Waals surface area contributed by atoms with Crippen molar-refractivity contribution in [3.05, 3.63) is 34.9 Å². The molecule has 0 amide bonds. The zero-order chi connectivity index (χ0) is 7.42. The van der Waals surface area contributed by atoms with Crippen molar-refractivity contribution >= 4 is 0 Å². The molecule has 1 saturated carbocycles. The van der Waals surface area contributed by atoms with Crippen molar-refractivity contribution in [2.45, 2.75) is 25.7 Å². The molecular weight excluding hydrogens is 132 g/mol. The van der Waals surface area contributed by atoms with E-state index in [2.05, 4.69) is 25.1 Å². The summed E-state index contributed by atoms with van der Waals surface area (Å²) in [4.78, 5) is 0. The fraction of sp³-hybridized carbons (Fsp3) is 0.455. The van der Waals surface area contributed by atoms with Gasteiger partial charge in [0.1, 0.15) is 0 Å². The van der Waals surface area contributed by atoms with E-state index in [1.165, 1.54) is 18.4 Å². The first kappa shape index (κ1) is 5.82. The summed E-state index contributed by atoms with van der Waals surface area (Å²) in [5.41, 5.74) is 4.71. The Hall–Kier alpha value is -0.780. The molecule has 1 fully saturated rings. The van der Waals surface area contributed by atoms with Crippen LogP contribution in [0.1, 0.15) is 29.0 Å². The van der Waals surface area contributed by atoms with E-state index < -0.39 is 0 Å². The average molecular weight is 144 g/mol. The summed E-state index contributed by atoms with van der Waals surface area (Å²) >= 11 is 0. The maximum Gasteiger partial charge on any atom is -0.0125 e. The molecule has 0 spiro atoms. The van der Waals surface area contributed by atoms with Crippen molar-refractivity contribution in [3.8, 4) is 0 Å². The van der Waals surface area contributed by atoms with Gasteiger partial charge < -0.3 is 0 Å². The SMILES string of the molecule is Cc1ccc2c(c1)CC1CC21. The minimum absolute atomic E-state index is 0.964. The third kappa shape index (κ3) is 0.699. The van der Waals surface area contributed by atoms with Gasteiger partial charge in [-0.25, -0.2) is 0 Å². The fourth-order valence-corrected chi connectivity index (χ4v) is 2.41. The molecule has 3 rings (SSSR count). The summed E-state index contributed by atoms with van der Waals surface area (Å²) in [5.74, 6) is 2.00. The lowest BCUT2D eigenvalue weighted by atomic mass is 10.0. The molecule has 56 valence electrons. The van der Waals surface area contributed by atoms with Crippen molar-refractivity contribution in [2.75, 3.05) is 0 Å². The molecule has 0 radical (unpaired) electrons. The second-order valence-electron chi connectivity index (χ2n) is 4.01. The van der Waals surface area contributed by atoms with Crippen LogP contribution in [-0.2, 0) is 6.42 Å². The summed E-state index contributed by atoms with van der Waals surface area (Å²) in [7, 11) is 0. The maximum atomic E-state index is 2.36. The van der Waals surface area contributed by atoms with Gasteiger partial charge in [-0.1, -0.05) is 23.8 Å². The van der Waals surface area contributed by atoms with Crippen LogP contribution in [0.25, 0.3) is 0 Å². The smallest absolute Gasteiger partial charge is 0.0125 e. The second kappa shape index (κ2) is 1.69. The third-order valence-electron chi connectivity index (χ3n) is 3.10. The lowest BCUT2D eigenvalue weighted by Crippen LogP contribution is -1.86. The topological polar surface area (TPSA) is 0 Å². The van der Waals surface area contributed by atoms with Crippen molar-refractivity contribution in [3.63, 3.8) is 0 Å². The van der Waals surface area contributed by atoms with Crippen LogP contribution in [0.3, 0.4) is 0 Å². The highest BCUT2D eigenvalue weighted by Gasteiger charge is 2.44. The lowest BCUT2D eigenvalue weighted by molar-refractivity contribution is 0.856. The highest BCUT2D eigenvalue weighted by Crippen LogP contribution is 2.56. The molecule has 1 aromatic carbocycles. The predicted octanol–water partition coefficient (Wildman–Crippen LogP) is 2.65. The zero-order valence-corrected chi connectivity index (χ0v) is 6.80. The minimum atomic E-state index is 0.964. The van der Waals surface area contributed by atoms with E-state index in [4.69, 9.17) is 0 Å². The maximum absolute atomic E-state index is 2.36. The largest absolute Gasteiger partial charge is 0.0590 e. The van der Waals surface area contributed by atoms with Gasteiger partial charge in [-0.05, 0) is 42.7 Å². The molecule has 0 heteroatoms. The Morgan fingerprint density at radius 3 is 3.18 bits per heavy atom. The molecule has 11 heavy (non-hydrogen) atoms. The van der Waals surface area contributed by atoms with Gasteiger partial charge in [0.15, 0.2) is 0 Å². The summed E-state index contributed by atoms with van der Waals surface area (Å²) in [6, 6.07) is 6.95. The Balaban J connectivity index is 2.18. The van der Waals surface area contributed by atoms with Gasteiger partial charge >= 0.3 is 0 Å². The van der Waals surface area contributed by atoms with Crippen LogP contribution in [0.2, 0.25) is 0 Å². The summed E-state index contributed by atoms with van der Waals surface area (Å²) in [5, 5.41) is 0. The van der Waals surface area contributed by atoms with Crippen LogP contribution in [-0.4, -0.2) is 0 Å². The van der Waals surface area contributed by atoms with E-state index >= 15 is 0 Å². The van der Waals surface area contributed by atoms with Crippen LogP contribution >= 0.6 is 0 Å². The Bertz CT molecular complexity index is 312. The molecule has 2 aliphatic carbocycles. The number of rotatable bonds is 0. The fourth-order valence-electron chi connectivity index (χ4n) is 2.41. The van der Waals surface area contributed by atoms with Gasteiger partial charge in [-0.15, -0.1) is 0 Å². The molecule has 0 aromatic heterocycles. The van der Waals surface area contributed by atoms with Gasteiger partial charge in [0, 0.05) is 0 Å². The second-order valence-corrected chi connectivity index (χ2v) is 4.01. The van der Waals surface area contributed by atoms with Crippen LogP contribution in [0, 0.1) is 12.8 Å². The van der Waals surface area contributed by atoms with Crippen LogP contribution in [0.15, 0.2) is 18.2 Å². The van der Waals surface area contributed by atoms with Gasteiger partial charge in [0.25, 0.3) is 0 Å². The Morgan fingerprint density at radius 2 is 2.27 bits per heavy atom. The minimum Gasteiger partial charge on any atom is -0.0590 e. The summed E-state index contributed by atoms with van der Waals surface area (Å²) in [6.07, 6.45) is 2.83. The molecule has 0 aliphatic heterocycles. The Morgan fingerprint density at radius 1 is 1.36 bits per heavy atom. The first-order chi connectivity index (χ1) is 5.34. The number of hydrogen-bond donors (Lipinski definition) is 0. The molecule has 0 N–H and O–H groups in total. The van der Waals surface area contributed by atoms with E-state index in [0.29, 0.717) is 0 Å². The van der Waals surface area contributed by atoms with E-state index in [-0.39, 0.29) is 0 Å². The molecule has 0 heterocycles. The van der Waals surface area contributed by atoms with Gasteiger partial charge in [-0.3, -0.25) is 0 Å². The standard InChI is InChI=1S/C11H12/c1-7-2-3-10-8(4-7)5-9-6-11(9)10/h2-4,9,11H,5-6H2,1H3. The van der Waals surface area contributed by atoms with Gasteiger partial charge in [0.2, 0.25) is 0 Å². The van der Waals surface area contributed by atoms with E-state index in [1.54, 1.807) is 11.1 Å². The first-order valence-corrected chi connectivity index (χ1v) is 4.44.